The summed E-state index contributed by atoms with van der Waals surface area (Å²) in [6.45, 7) is 14.4. The molecular formula is C52H64N8O9. The third-order valence-corrected chi connectivity index (χ3v) is 11.9. The van der Waals surface area contributed by atoms with Crippen LogP contribution in [0.25, 0.3) is 10.8 Å². The number of carbonyl (C=O) groups excluding carboxylic acids is 9. The molecule has 0 radical (unpaired) electrons. The van der Waals surface area contributed by atoms with Crippen LogP contribution in [0.2, 0.25) is 0 Å². The predicted octanol–water partition coefficient (Wildman–Crippen LogP) is 2.60. The van der Waals surface area contributed by atoms with Gasteiger partial charge >= 0.3 is 0 Å². The summed E-state index contributed by atoms with van der Waals surface area (Å²) in [4.78, 5) is 120. The second-order valence-corrected chi connectivity index (χ2v) is 20.1. The van der Waals surface area contributed by atoms with E-state index in [-0.39, 0.29) is 30.8 Å². The largest absolute Gasteiger partial charge is 0.343 e. The Bertz CT molecular complexity index is 2660. The van der Waals surface area contributed by atoms with Crippen LogP contribution in [-0.2, 0) is 51.2 Å². The molecule has 69 heavy (non-hydrogen) atoms. The number of hydrogen-bond acceptors (Lipinski definition) is 10. The summed E-state index contributed by atoms with van der Waals surface area (Å²) >= 11 is 0. The quantitative estimate of drug-likeness (QED) is 0.0601. The number of carbonyl (C=O) groups is 9. The average molecular weight is 945 g/mol. The summed E-state index contributed by atoms with van der Waals surface area (Å²) in [6, 6.07) is 25.2. The maximum Gasteiger partial charge on any atom is 0.245 e. The Kier molecular flexibility index (Phi) is 15.7. The molecular weight excluding hydrogens is 881 g/mol. The highest BCUT2D eigenvalue weighted by molar-refractivity contribution is 6.10. The Morgan fingerprint density at radius 1 is 0.551 bits per heavy atom. The van der Waals surface area contributed by atoms with Gasteiger partial charge in [0.25, 0.3) is 0 Å². The second kappa shape index (κ2) is 20.5. The molecule has 1 fully saturated rings. The lowest BCUT2D eigenvalue weighted by atomic mass is 9.97. The summed E-state index contributed by atoms with van der Waals surface area (Å²) in [7, 11) is 0. The zero-order chi connectivity index (χ0) is 51.3. The minimum Gasteiger partial charge on any atom is -0.343 e. The summed E-state index contributed by atoms with van der Waals surface area (Å²) in [5.74, 6) is -5.22. The number of rotatable bonds is 20. The average Bonchev–Trinajstić information content (AvgIpc) is 3.91. The summed E-state index contributed by atoms with van der Waals surface area (Å²) < 4.78 is 0. The van der Waals surface area contributed by atoms with Crippen LogP contribution >= 0.6 is 0 Å². The number of amides is 7. The zero-order valence-electron chi connectivity index (χ0n) is 40.8. The van der Waals surface area contributed by atoms with Gasteiger partial charge < -0.3 is 43.0 Å². The van der Waals surface area contributed by atoms with Crippen molar-refractivity contribution in [2.45, 2.75) is 134 Å². The highest BCUT2D eigenvalue weighted by atomic mass is 16.2. The first kappa shape index (κ1) is 52.7. The molecule has 0 aromatic heterocycles. The molecule has 4 aromatic carbocycles. The number of nitrogens with two attached hydrogens (primary N) is 1. The van der Waals surface area contributed by atoms with Gasteiger partial charge in [-0.05, 0) is 91.1 Å². The minimum atomic E-state index is -1.66. The van der Waals surface area contributed by atoms with E-state index < -0.39 is 87.2 Å². The van der Waals surface area contributed by atoms with Gasteiger partial charge in [0.1, 0.15) is 40.3 Å². The van der Waals surface area contributed by atoms with Gasteiger partial charge in [-0.15, -0.1) is 0 Å². The fraction of sp³-hybridized carbons (Fsp3) is 0.404. The van der Waals surface area contributed by atoms with Crippen molar-refractivity contribution in [3.63, 3.8) is 0 Å². The van der Waals surface area contributed by atoms with Crippen LogP contribution in [-0.4, -0.2) is 98.7 Å². The summed E-state index contributed by atoms with van der Waals surface area (Å²) in [5, 5.41) is 20.4. The molecule has 0 aliphatic heterocycles. The van der Waals surface area contributed by atoms with Crippen molar-refractivity contribution in [1.29, 1.82) is 0 Å². The van der Waals surface area contributed by atoms with Crippen LogP contribution in [0.3, 0.4) is 0 Å². The second-order valence-electron chi connectivity index (χ2n) is 20.1. The standard InChI is InChI=1S/C52H64N8O9/c1-30(54-44(66)48(3,4)53)41(63)57-50(7,8)46(68)56-38(27-33-22-23-34-16-14-15-19-37(34)26-33)43(65)59-49(5,6)45(67)55-31(2)42(64)58-51(9,10)47(69)60-52(29-39(52)61)28-32-20-24-36(25-21-32)40(62)35-17-12-11-13-18-35/h11-26,30-31,38H,27-29,53H2,1-10H3,(H,54,66)(H,55,67)(H,56,68)(H,57,63)(H,58,64)(H,59,65)(H,60,69). The normalized spacial score (nSPS) is 16.2. The van der Waals surface area contributed by atoms with Crippen LogP contribution in [0.15, 0.2) is 97.1 Å². The molecule has 1 saturated carbocycles. The zero-order valence-corrected chi connectivity index (χ0v) is 40.8. The first-order valence-electron chi connectivity index (χ1n) is 22.7. The van der Waals surface area contributed by atoms with E-state index in [1.807, 2.05) is 48.5 Å². The van der Waals surface area contributed by atoms with Gasteiger partial charge in [-0.3, -0.25) is 43.2 Å². The first-order chi connectivity index (χ1) is 32.0. The Morgan fingerprint density at radius 2 is 1.00 bits per heavy atom. The van der Waals surface area contributed by atoms with Crippen molar-refractivity contribution in [3.8, 4) is 0 Å². The van der Waals surface area contributed by atoms with Crippen LogP contribution in [0, 0.1) is 0 Å². The highest BCUT2D eigenvalue weighted by Crippen LogP contribution is 2.35. The molecule has 4 aromatic rings. The number of fused-ring (bicyclic) bond motifs is 1. The van der Waals surface area contributed by atoms with E-state index in [1.165, 1.54) is 69.2 Å². The monoisotopic (exact) mass is 944 g/mol. The minimum absolute atomic E-state index is 0.0208. The molecule has 0 saturated heterocycles. The van der Waals surface area contributed by atoms with E-state index in [4.69, 9.17) is 5.73 Å². The van der Waals surface area contributed by atoms with E-state index in [0.29, 0.717) is 16.7 Å². The van der Waals surface area contributed by atoms with Crippen LogP contribution in [0.1, 0.15) is 103 Å². The Morgan fingerprint density at radius 3 is 1.54 bits per heavy atom. The predicted molar refractivity (Wildman–Crippen MR) is 260 cm³/mol. The molecule has 5 rings (SSSR count). The van der Waals surface area contributed by atoms with Gasteiger partial charge in [0.2, 0.25) is 41.4 Å². The van der Waals surface area contributed by atoms with Gasteiger partial charge in [0.05, 0.1) is 5.54 Å². The molecule has 4 unspecified atom stereocenters. The molecule has 0 spiro atoms. The smallest absolute Gasteiger partial charge is 0.245 e. The lowest BCUT2D eigenvalue weighted by Gasteiger charge is -2.32. The number of nitrogens with one attached hydrogen (secondary N) is 7. The number of ketones is 2. The van der Waals surface area contributed by atoms with E-state index in [2.05, 4.69) is 37.2 Å². The molecule has 17 heteroatoms. The van der Waals surface area contributed by atoms with Gasteiger partial charge in [-0.25, -0.2) is 0 Å². The lowest BCUT2D eigenvalue weighted by Crippen LogP contribution is -2.65. The summed E-state index contributed by atoms with van der Waals surface area (Å²) in [6.07, 6.45) is 0.230. The molecule has 7 amide bonds. The molecule has 4 atom stereocenters. The van der Waals surface area contributed by atoms with E-state index >= 15 is 0 Å². The van der Waals surface area contributed by atoms with Gasteiger partial charge in [-0.2, -0.15) is 0 Å². The first-order valence-corrected chi connectivity index (χ1v) is 22.7. The van der Waals surface area contributed by atoms with Crippen molar-refractivity contribution < 1.29 is 43.2 Å². The van der Waals surface area contributed by atoms with Crippen LogP contribution in [0.4, 0.5) is 0 Å². The Hall–Kier alpha value is -7.27. The Labute approximate surface area is 402 Å². The van der Waals surface area contributed by atoms with Crippen molar-refractivity contribution in [2.24, 2.45) is 5.73 Å². The fourth-order valence-electron chi connectivity index (χ4n) is 7.24. The van der Waals surface area contributed by atoms with Crippen molar-refractivity contribution in [1.82, 2.24) is 37.2 Å². The van der Waals surface area contributed by atoms with Crippen molar-refractivity contribution in [2.75, 3.05) is 0 Å². The van der Waals surface area contributed by atoms with Crippen LogP contribution < -0.4 is 43.0 Å². The molecule has 0 heterocycles. The number of benzene rings is 4. The molecule has 366 valence electrons. The van der Waals surface area contributed by atoms with E-state index in [0.717, 1.165) is 16.3 Å². The van der Waals surface area contributed by atoms with Gasteiger partial charge in [-0.1, -0.05) is 97.1 Å². The molecule has 1 aliphatic carbocycles. The summed E-state index contributed by atoms with van der Waals surface area (Å²) in [5.41, 5.74) is 1.02. The SMILES string of the molecule is CC(NC(=O)C(C)(C)N)C(=O)NC(C)(C)C(=O)NC(Cc1ccc2ccccc2c1)C(=O)NC(C)(C)C(=O)NC(C)C(=O)NC(C)(C)C(=O)NC1(Cc2ccc(C(=O)c3ccccc3)cc2)CC1=O. The molecule has 9 N–H and O–H groups in total. The van der Waals surface area contributed by atoms with E-state index in [9.17, 15) is 43.2 Å². The third kappa shape index (κ3) is 13.5. The molecule has 0 bridgehead atoms. The van der Waals surface area contributed by atoms with Crippen molar-refractivity contribution in [3.05, 3.63) is 119 Å². The number of Topliss-reactive ketones (excluding diaryl/α,β-unsaturated/α-hetero) is 1. The van der Waals surface area contributed by atoms with Crippen molar-refractivity contribution >= 4 is 63.7 Å². The topological polar surface area (TPSA) is 264 Å². The maximum absolute atomic E-state index is 14.2. The molecule has 17 nitrogen and oxygen atoms in total. The van der Waals surface area contributed by atoms with E-state index in [1.54, 1.807) is 48.5 Å². The lowest BCUT2D eigenvalue weighted by molar-refractivity contribution is -0.138. The number of hydrogen-bond donors (Lipinski definition) is 8. The third-order valence-electron chi connectivity index (χ3n) is 11.9. The Balaban J connectivity index is 1.21. The molecule has 1 aliphatic rings. The van der Waals surface area contributed by atoms with Crippen LogP contribution in [0.5, 0.6) is 0 Å². The van der Waals surface area contributed by atoms with Gasteiger partial charge in [0.15, 0.2) is 11.6 Å². The highest BCUT2D eigenvalue weighted by Gasteiger charge is 2.56. The van der Waals surface area contributed by atoms with Gasteiger partial charge in [0, 0.05) is 30.4 Å². The maximum atomic E-state index is 14.2. The fourth-order valence-corrected chi connectivity index (χ4v) is 7.24.